The van der Waals surface area contributed by atoms with Gasteiger partial charge < -0.3 is 0 Å². The number of nitrogens with two attached hydrogens (primary N) is 1. The van der Waals surface area contributed by atoms with E-state index in [1.165, 1.54) is 0 Å². The van der Waals surface area contributed by atoms with Gasteiger partial charge in [-0.2, -0.15) is 11.8 Å². The number of hydrogen-bond donors (Lipinski definition) is 2. The molecule has 96 valence electrons. The standard InChI is InChI=1S/C12H18Cl2N2S/c1-8(2)6-17-7-12(16-15)10-5-9(13)3-4-11(10)14/h3-5,8,12,16H,6-7,15H2,1-2H3. The lowest BCUT2D eigenvalue weighted by Crippen LogP contribution is -2.30. The molecule has 1 unspecified atom stereocenters. The average Bonchev–Trinajstić information content (AvgIpc) is 2.28. The van der Waals surface area contributed by atoms with Gasteiger partial charge in [0.25, 0.3) is 0 Å². The van der Waals surface area contributed by atoms with E-state index in [1.807, 2.05) is 17.8 Å². The second-order valence-corrected chi connectivity index (χ2v) is 6.23. The predicted molar refractivity (Wildman–Crippen MR) is 78.7 cm³/mol. The number of thioether (sulfide) groups is 1. The minimum absolute atomic E-state index is 0.0324. The van der Waals surface area contributed by atoms with Gasteiger partial charge >= 0.3 is 0 Å². The molecule has 1 atom stereocenters. The molecule has 0 aliphatic heterocycles. The highest BCUT2D eigenvalue weighted by molar-refractivity contribution is 7.99. The van der Waals surface area contributed by atoms with Crippen molar-refractivity contribution in [2.24, 2.45) is 11.8 Å². The van der Waals surface area contributed by atoms with E-state index in [1.54, 1.807) is 12.1 Å². The van der Waals surface area contributed by atoms with E-state index >= 15 is 0 Å². The summed E-state index contributed by atoms with van der Waals surface area (Å²) in [7, 11) is 0. The molecule has 0 saturated carbocycles. The average molecular weight is 293 g/mol. The quantitative estimate of drug-likeness (QED) is 0.617. The smallest absolute Gasteiger partial charge is 0.0565 e. The van der Waals surface area contributed by atoms with Crippen molar-refractivity contribution in [1.29, 1.82) is 0 Å². The van der Waals surface area contributed by atoms with Crippen LogP contribution in [0.5, 0.6) is 0 Å². The topological polar surface area (TPSA) is 38.0 Å². The maximum Gasteiger partial charge on any atom is 0.0565 e. The first kappa shape index (κ1) is 15.1. The SMILES string of the molecule is CC(C)CSCC(NN)c1cc(Cl)ccc1Cl. The van der Waals surface area contributed by atoms with Crippen molar-refractivity contribution < 1.29 is 0 Å². The number of rotatable bonds is 6. The van der Waals surface area contributed by atoms with Gasteiger partial charge in [-0.05, 0) is 35.4 Å². The molecule has 0 bridgehead atoms. The summed E-state index contributed by atoms with van der Waals surface area (Å²) in [6, 6.07) is 5.48. The van der Waals surface area contributed by atoms with Gasteiger partial charge in [-0.15, -0.1) is 0 Å². The van der Waals surface area contributed by atoms with E-state index in [0.29, 0.717) is 16.0 Å². The summed E-state index contributed by atoms with van der Waals surface area (Å²) in [6.45, 7) is 4.40. The van der Waals surface area contributed by atoms with Gasteiger partial charge in [0.05, 0.1) is 6.04 Å². The Morgan fingerprint density at radius 2 is 2.00 bits per heavy atom. The van der Waals surface area contributed by atoms with E-state index in [9.17, 15) is 0 Å². The maximum atomic E-state index is 6.15. The molecule has 0 spiro atoms. The summed E-state index contributed by atoms with van der Waals surface area (Å²) in [5.41, 5.74) is 3.75. The van der Waals surface area contributed by atoms with Gasteiger partial charge in [-0.3, -0.25) is 11.3 Å². The number of nitrogens with one attached hydrogen (secondary N) is 1. The molecule has 1 aromatic rings. The Bertz CT molecular complexity index is 358. The van der Waals surface area contributed by atoms with Gasteiger partial charge in [0.15, 0.2) is 0 Å². The van der Waals surface area contributed by atoms with Crippen LogP contribution in [0.2, 0.25) is 10.0 Å². The van der Waals surface area contributed by atoms with Gasteiger partial charge in [-0.1, -0.05) is 37.0 Å². The zero-order valence-corrected chi connectivity index (χ0v) is 12.4. The molecule has 0 heterocycles. The lowest BCUT2D eigenvalue weighted by Gasteiger charge is -2.18. The highest BCUT2D eigenvalue weighted by Crippen LogP contribution is 2.28. The molecule has 0 saturated heterocycles. The van der Waals surface area contributed by atoms with E-state index in [-0.39, 0.29) is 6.04 Å². The van der Waals surface area contributed by atoms with Crippen molar-refractivity contribution in [3.63, 3.8) is 0 Å². The van der Waals surface area contributed by atoms with Crippen LogP contribution in [0.25, 0.3) is 0 Å². The van der Waals surface area contributed by atoms with Crippen LogP contribution in [0.3, 0.4) is 0 Å². The Morgan fingerprint density at radius 1 is 1.29 bits per heavy atom. The molecular formula is C12H18Cl2N2S. The molecule has 1 aromatic carbocycles. The normalized spacial score (nSPS) is 13.1. The molecule has 0 amide bonds. The third-order valence-corrected chi connectivity index (χ3v) is 4.32. The highest BCUT2D eigenvalue weighted by atomic mass is 35.5. The van der Waals surface area contributed by atoms with Crippen LogP contribution in [0.4, 0.5) is 0 Å². The Hall–Kier alpha value is 0.0700. The van der Waals surface area contributed by atoms with Crippen LogP contribution in [-0.4, -0.2) is 11.5 Å². The summed E-state index contributed by atoms with van der Waals surface area (Å²) in [6.07, 6.45) is 0. The van der Waals surface area contributed by atoms with Crippen LogP contribution >= 0.6 is 35.0 Å². The summed E-state index contributed by atoms with van der Waals surface area (Å²) in [4.78, 5) is 0. The van der Waals surface area contributed by atoms with Gasteiger partial charge in [-0.25, -0.2) is 0 Å². The van der Waals surface area contributed by atoms with Crippen LogP contribution in [-0.2, 0) is 0 Å². The number of hydrogen-bond acceptors (Lipinski definition) is 3. The third-order valence-electron chi connectivity index (χ3n) is 2.27. The summed E-state index contributed by atoms with van der Waals surface area (Å²) >= 11 is 14.0. The summed E-state index contributed by atoms with van der Waals surface area (Å²) < 4.78 is 0. The molecule has 0 aliphatic carbocycles. The maximum absolute atomic E-state index is 6.15. The molecule has 0 aliphatic rings. The van der Waals surface area contributed by atoms with Crippen molar-refractivity contribution >= 4 is 35.0 Å². The zero-order valence-electron chi connectivity index (χ0n) is 10.0. The first-order chi connectivity index (χ1) is 8.04. The van der Waals surface area contributed by atoms with Crippen molar-refractivity contribution in [1.82, 2.24) is 5.43 Å². The number of hydrazine groups is 1. The Morgan fingerprint density at radius 3 is 2.59 bits per heavy atom. The lowest BCUT2D eigenvalue weighted by atomic mass is 10.1. The predicted octanol–water partition coefficient (Wildman–Crippen LogP) is 3.89. The molecule has 5 heteroatoms. The van der Waals surface area contributed by atoms with E-state index in [2.05, 4.69) is 19.3 Å². The molecular weight excluding hydrogens is 275 g/mol. The van der Waals surface area contributed by atoms with Crippen molar-refractivity contribution in [2.75, 3.05) is 11.5 Å². The number of halogens is 2. The van der Waals surface area contributed by atoms with Crippen molar-refractivity contribution in [3.8, 4) is 0 Å². The minimum Gasteiger partial charge on any atom is -0.271 e. The fourth-order valence-electron chi connectivity index (χ4n) is 1.43. The first-order valence-corrected chi connectivity index (χ1v) is 7.44. The van der Waals surface area contributed by atoms with Gasteiger partial charge in [0.1, 0.15) is 0 Å². The third kappa shape index (κ3) is 5.06. The fraction of sp³-hybridized carbons (Fsp3) is 0.500. The second-order valence-electron chi connectivity index (χ2n) is 4.32. The van der Waals surface area contributed by atoms with E-state index < -0.39 is 0 Å². The molecule has 0 aromatic heterocycles. The van der Waals surface area contributed by atoms with Crippen molar-refractivity contribution in [3.05, 3.63) is 33.8 Å². The molecule has 2 nitrogen and oxygen atoms in total. The zero-order chi connectivity index (χ0) is 12.8. The lowest BCUT2D eigenvalue weighted by molar-refractivity contribution is 0.610. The molecule has 0 fully saturated rings. The van der Waals surface area contributed by atoms with Crippen molar-refractivity contribution in [2.45, 2.75) is 19.9 Å². The first-order valence-electron chi connectivity index (χ1n) is 5.53. The van der Waals surface area contributed by atoms with Gasteiger partial charge in [0, 0.05) is 15.8 Å². The summed E-state index contributed by atoms with van der Waals surface area (Å²) in [5, 5.41) is 1.38. The van der Waals surface area contributed by atoms with Crippen LogP contribution in [0.15, 0.2) is 18.2 Å². The van der Waals surface area contributed by atoms with E-state index in [0.717, 1.165) is 17.1 Å². The molecule has 1 rings (SSSR count). The Kier molecular flexibility index (Phi) is 6.67. The van der Waals surface area contributed by atoms with E-state index in [4.69, 9.17) is 29.0 Å². The van der Waals surface area contributed by atoms with Gasteiger partial charge in [0.2, 0.25) is 0 Å². The summed E-state index contributed by atoms with van der Waals surface area (Å²) in [5.74, 6) is 8.24. The fourth-order valence-corrected chi connectivity index (χ4v) is 2.98. The van der Waals surface area contributed by atoms with Crippen LogP contribution < -0.4 is 11.3 Å². The number of benzene rings is 1. The minimum atomic E-state index is 0.0324. The van der Waals surface area contributed by atoms with Crippen LogP contribution in [0, 0.1) is 5.92 Å². The Balaban J connectivity index is 2.68. The Labute approximate surface area is 117 Å². The molecule has 3 N–H and O–H groups in total. The molecule has 17 heavy (non-hydrogen) atoms. The molecule has 0 radical (unpaired) electrons. The second kappa shape index (κ2) is 7.49. The monoisotopic (exact) mass is 292 g/mol. The largest absolute Gasteiger partial charge is 0.271 e. The highest BCUT2D eigenvalue weighted by Gasteiger charge is 2.14. The van der Waals surface area contributed by atoms with Crippen LogP contribution in [0.1, 0.15) is 25.5 Å².